The van der Waals surface area contributed by atoms with E-state index >= 15 is 0 Å². The van der Waals surface area contributed by atoms with Crippen LogP contribution >= 0.6 is 49.9 Å². The van der Waals surface area contributed by atoms with Gasteiger partial charge in [0, 0.05) is 20.5 Å². The second kappa shape index (κ2) is 6.73. The average Bonchev–Trinajstić information content (AvgIpc) is 2.90. The van der Waals surface area contributed by atoms with Crippen LogP contribution in [0.4, 0.5) is 0 Å². The van der Waals surface area contributed by atoms with Crippen molar-refractivity contribution in [2.75, 3.05) is 7.05 Å². The van der Waals surface area contributed by atoms with E-state index < -0.39 is 0 Å². The highest BCUT2D eigenvalue weighted by Gasteiger charge is 2.16. The number of likely N-dealkylation sites (N-methyl/N-ethyl adjacent to an activating group) is 1. The molecule has 2 nitrogen and oxygen atoms in total. The molecule has 0 amide bonds. The number of hydrogen-bond donors (Lipinski definition) is 1. The van der Waals surface area contributed by atoms with Crippen LogP contribution in [0.1, 0.15) is 16.6 Å². The minimum absolute atomic E-state index is 0.259. The maximum absolute atomic E-state index is 4.74. The molecule has 0 bridgehead atoms. The van der Waals surface area contributed by atoms with E-state index in [2.05, 4.69) is 80.2 Å². The molecule has 0 fully saturated rings. The zero-order valence-electron chi connectivity index (χ0n) is 11.4. The highest BCUT2D eigenvalue weighted by molar-refractivity contribution is 14.1. The van der Waals surface area contributed by atoms with Gasteiger partial charge in [0.15, 0.2) is 0 Å². The van der Waals surface area contributed by atoms with Crippen molar-refractivity contribution in [3.05, 3.63) is 61.1 Å². The molecule has 2 aromatic carbocycles. The van der Waals surface area contributed by atoms with Gasteiger partial charge in [0.1, 0.15) is 0 Å². The van der Waals surface area contributed by atoms with Crippen molar-refractivity contribution in [3.8, 4) is 0 Å². The number of para-hydroxylation sites is 1. The molecule has 1 unspecified atom stereocenters. The molecule has 1 heterocycles. The molecule has 0 saturated heterocycles. The number of rotatable bonds is 4. The molecule has 0 saturated carbocycles. The van der Waals surface area contributed by atoms with Crippen LogP contribution in [0.2, 0.25) is 0 Å². The number of fused-ring (bicyclic) bond motifs is 1. The third kappa shape index (κ3) is 3.47. The molecule has 1 N–H and O–H groups in total. The number of aromatic nitrogens is 1. The number of thiazole rings is 1. The normalized spacial score (nSPS) is 12.7. The summed E-state index contributed by atoms with van der Waals surface area (Å²) in [7, 11) is 2.00. The number of hydrogen-bond acceptors (Lipinski definition) is 3. The summed E-state index contributed by atoms with van der Waals surface area (Å²) in [6.45, 7) is 0. The summed E-state index contributed by atoms with van der Waals surface area (Å²) in [6, 6.07) is 15.0. The van der Waals surface area contributed by atoms with E-state index in [1.807, 2.05) is 13.1 Å². The van der Waals surface area contributed by atoms with E-state index in [9.17, 15) is 0 Å². The highest BCUT2D eigenvalue weighted by atomic mass is 127. The maximum atomic E-state index is 4.74. The largest absolute Gasteiger partial charge is 0.313 e. The standard InChI is InChI=1S/C16H14BrIN2S/c1-19-14(11-8-10(18)6-7-12(11)17)9-16-20-13-4-2-3-5-15(13)21-16/h2-8,14,19H,9H2,1H3. The summed E-state index contributed by atoms with van der Waals surface area (Å²) >= 11 is 7.79. The minimum Gasteiger partial charge on any atom is -0.313 e. The van der Waals surface area contributed by atoms with Gasteiger partial charge in [-0.05, 0) is 65.5 Å². The molecule has 1 atom stereocenters. The Morgan fingerprint density at radius 3 is 2.86 bits per heavy atom. The van der Waals surface area contributed by atoms with Crippen LogP contribution in [0, 0.1) is 3.57 Å². The Kier molecular flexibility index (Phi) is 4.93. The van der Waals surface area contributed by atoms with Crippen LogP contribution in [-0.4, -0.2) is 12.0 Å². The summed E-state index contributed by atoms with van der Waals surface area (Å²) < 4.78 is 3.64. The third-order valence-electron chi connectivity index (χ3n) is 3.40. The van der Waals surface area contributed by atoms with Crippen molar-refractivity contribution < 1.29 is 0 Å². The highest BCUT2D eigenvalue weighted by Crippen LogP contribution is 2.30. The van der Waals surface area contributed by atoms with Crippen LogP contribution in [0.25, 0.3) is 10.2 Å². The van der Waals surface area contributed by atoms with Crippen LogP contribution in [-0.2, 0) is 6.42 Å². The van der Waals surface area contributed by atoms with Crippen LogP contribution in [0.15, 0.2) is 46.9 Å². The Labute approximate surface area is 150 Å². The Hall–Kier alpha value is -0.500. The Bertz CT molecular complexity index is 739. The van der Waals surface area contributed by atoms with Gasteiger partial charge in [0.05, 0.1) is 15.2 Å². The molecule has 108 valence electrons. The molecular weight excluding hydrogens is 459 g/mol. The van der Waals surface area contributed by atoms with Gasteiger partial charge >= 0.3 is 0 Å². The van der Waals surface area contributed by atoms with E-state index in [1.165, 1.54) is 18.8 Å². The maximum Gasteiger partial charge on any atom is 0.0957 e. The monoisotopic (exact) mass is 472 g/mol. The van der Waals surface area contributed by atoms with Crippen molar-refractivity contribution >= 4 is 60.1 Å². The van der Waals surface area contributed by atoms with Crippen LogP contribution in [0.5, 0.6) is 0 Å². The first kappa shape index (κ1) is 15.4. The Balaban J connectivity index is 1.91. The van der Waals surface area contributed by atoms with Gasteiger partial charge in [-0.3, -0.25) is 0 Å². The second-order valence-corrected chi connectivity index (χ2v) is 8.00. The summed E-state index contributed by atoms with van der Waals surface area (Å²) in [4.78, 5) is 4.74. The van der Waals surface area contributed by atoms with Gasteiger partial charge < -0.3 is 5.32 Å². The van der Waals surface area contributed by atoms with E-state index in [1.54, 1.807) is 11.3 Å². The molecule has 3 rings (SSSR count). The van der Waals surface area contributed by atoms with Crippen molar-refractivity contribution in [1.82, 2.24) is 10.3 Å². The van der Waals surface area contributed by atoms with E-state index in [4.69, 9.17) is 4.98 Å². The smallest absolute Gasteiger partial charge is 0.0957 e. The lowest BCUT2D eigenvalue weighted by atomic mass is 10.0. The quantitative estimate of drug-likeness (QED) is 0.530. The third-order valence-corrected chi connectivity index (χ3v) is 5.85. The molecule has 0 spiro atoms. The lowest BCUT2D eigenvalue weighted by molar-refractivity contribution is 0.588. The van der Waals surface area contributed by atoms with Gasteiger partial charge in [-0.15, -0.1) is 11.3 Å². The molecular formula is C16H14BrIN2S. The topological polar surface area (TPSA) is 24.9 Å². The first-order valence-corrected chi connectivity index (χ1v) is 9.33. The van der Waals surface area contributed by atoms with Crippen molar-refractivity contribution in [2.24, 2.45) is 0 Å². The fourth-order valence-corrected chi connectivity index (χ4v) is 4.38. The molecule has 5 heteroatoms. The van der Waals surface area contributed by atoms with Crippen molar-refractivity contribution in [2.45, 2.75) is 12.5 Å². The van der Waals surface area contributed by atoms with E-state index in [0.717, 1.165) is 16.4 Å². The zero-order valence-corrected chi connectivity index (χ0v) is 16.0. The Morgan fingerprint density at radius 1 is 1.29 bits per heavy atom. The minimum atomic E-state index is 0.259. The van der Waals surface area contributed by atoms with E-state index in [-0.39, 0.29) is 6.04 Å². The second-order valence-electron chi connectivity index (χ2n) is 4.79. The van der Waals surface area contributed by atoms with Gasteiger partial charge in [0.2, 0.25) is 0 Å². The molecule has 0 aliphatic rings. The molecule has 21 heavy (non-hydrogen) atoms. The van der Waals surface area contributed by atoms with Crippen molar-refractivity contribution in [3.63, 3.8) is 0 Å². The molecule has 1 aromatic heterocycles. The predicted octanol–water partition coefficient (Wildman–Crippen LogP) is 5.17. The average molecular weight is 473 g/mol. The number of nitrogens with one attached hydrogen (secondary N) is 1. The summed E-state index contributed by atoms with van der Waals surface area (Å²) in [5, 5.41) is 4.58. The fourth-order valence-electron chi connectivity index (χ4n) is 2.33. The summed E-state index contributed by atoms with van der Waals surface area (Å²) in [5.41, 5.74) is 2.37. The van der Waals surface area contributed by atoms with Gasteiger partial charge in [-0.2, -0.15) is 0 Å². The predicted molar refractivity (Wildman–Crippen MR) is 102 cm³/mol. The first-order chi connectivity index (χ1) is 10.2. The van der Waals surface area contributed by atoms with Crippen molar-refractivity contribution in [1.29, 1.82) is 0 Å². The number of nitrogens with zero attached hydrogens (tertiary/aromatic N) is 1. The number of halogens is 2. The SMILES string of the molecule is CNC(Cc1nc2ccccc2s1)c1cc(I)ccc1Br. The van der Waals surface area contributed by atoms with Crippen LogP contribution in [0.3, 0.4) is 0 Å². The number of benzene rings is 2. The first-order valence-electron chi connectivity index (χ1n) is 6.64. The molecule has 3 aromatic rings. The molecule has 0 aliphatic heterocycles. The lowest BCUT2D eigenvalue weighted by Crippen LogP contribution is -2.19. The zero-order chi connectivity index (χ0) is 14.8. The summed E-state index contributed by atoms with van der Waals surface area (Å²) in [5.74, 6) is 0. The Morgan fingerprint density at radius 2 is 2.10 bits per heavy atom. The summed E-state index contributed by atoms with van der Waals surface area (Å²) in [6.07, 6.45) is 0.897. The van der Waals surface area contributed by atoms with E-state index in [0.29, 0.717) is 0 Å². The fraction of sp³-hybridized carbons (Fsp3) is 0.188. The van der Waals surface area contributed by atoms with Gasteiger partial charge in [-0.25, -0.2) is 4.98 Å². The van der Waals surface area contributed by atoms with Crippen LogP contribution < -0.4 is 5.32 Å². The lowest BCUT2D eigenvalue weighted by Gasteiger charge is -2.17. The molecule has 0 radical (unpaired) electrons. The van der Waals surface area contributed by atoms with Gasteiger partial charge in [0.25, 0.3) is 0 Å². The molecule has 0 aliphatic carbocycles. The van der Waals surface area contributed by atoms with Gasteiger partial charge in [-0.1, -0.05) is 28.1 Å².